The molecule has 0 bridgehead atoms. The van der Waals surface area contributed by atoms with Crippen LogP contribution in [0.5, 0.6) is 0 Å². The van der Waals surface area contributed by atoms with E-state index in [9.17, 15) is 8.78 Å². The highest BCUT2D eigenvalue weighted by molar-refractivity contribution is 7.18. The summed E-state index contributed by atoms with van der Waals surface area (Å²) in [6, 6.07) is 0. The predicted octanol–water partition coefficient (Wildman–Crippen LogP) is 3.29. The number of allylic oxidation sites excluding steroid dienone is 6. The van der Waals surface area contributed by atoms with Crippen LogP contribution < -0.4 is 0 Å². The quantitative estimate of drug-likeness (QED) is 0.554. The Bertz CT molecular complexity index is 256. The lowest BCUT2D eigenvalue weighted by atomic mass is 10.1. The highest BCUT2D eigenvalue weighted by Crippen LogP contribution is 2.36. The third-order valence-corrected chi connectivity index (χ3v) is 2.04. The van der Waals surface area contributed by atoms with Gasteiger partial charge in [0.1, 0.15) is 0 Å². The van der Waals surface area contributed by atoms with Gasteiger partial charge in [-0.3, -0.25) is 0 Å². The van der Waals surface area contributed by atoms with Gasteiger partial charge < -0.3 is 0 Å². The van der Waals surface area contributed by atoms with Crippen molar-refractivity contribution >= 4 is 9.24 Å². The minimum absolute atomic E-state index is 0.109. The minimum atomic E-state index is -2.80. The molecule has 0 heterocycles. The van der Waals surface area contributed by atoms with Crippen LogP contribution >= 0.6 is 9.24 Å². The van der Waals surface area contributed by atoms with E-state index in [2.05, 4.69) is 0 Å². The van der Waals surface area contributed by atoms with Crippen molar-refractivity contribution in [1.29, 1.82) is 0 Å². The summed E-state index contributed by atoms with van der Waals surface area (Å²) in [6.45, 7) is 1.69. The fraction of sp³-hybridized carbons (Fsp3) is 0.333. The average Bonchev–Trinajstić information content (AvgIpc) is 2.11. The lowest BCUT2D eigenvalue weighted by Gasteiger charge is -2.14. The summed E-state index contributed by atoms with van der Waals surface area (Å²) >= 11 is 0. The first-order chi connectivity index (χ1) is 5.52. The van der Waals surface area contributed by atoms with E-state index in [1.807, 2.05) is 6.08 Å². The molecule has 0 amide bonds. The lowest BCUT2D eigenvalue weighted by Crippen LogP contribution is -2.10. The second kappa shape index (κ2) is 3.49. The molecule has 1 aliphatic carbocycles. The van der Waals surface area contributed by atoms with Gasteiger partial charge in [-0.2, -0.15) is 8.78 Å². The summed E-state index contributed by atoms with van der Waals surface area (Å²) in [5, 5.41) is 0. The summed E-state index contributed by atoms with van der Waals surface area (Å²) in [4.78, 5) is 0. The smallest absolute Gasteiger partial charge is 0.197 e. The number of hydrogen-bond donors (Lipinski definition) is 0. The Morgan fingerprint density at radius 1 is 1.50 bits per heavy atom. The van der Waals surface area contributed by atoms with Crippen molar-refractivity contribution in [3.8, 4) is 0 Å². The van der Waals surface area contributed by atoms with Crippen molar-refractivity contribution in [3.63, 3.8) is 0 Å². The Morgan fingerprint density at radius 3 is 2.75 bits per heavy atom. The van der Waals surface area contributed by atoms with Crippen LogP contribution in [0, 0.1) is 0 Å². The maximum atomic E-state index is 12.9. The first kappa shape index (κ1) is 9.60. The van der Waals surface area contributed by atoms with Gasteiger partial charge in [0.15, 0.2) is 0 Å². The molecule has 0 spiro atoms. The van der Waals surface area contributed by atoms with Crippen LogP contribution in [0.25, 0.3) is 0 Å². The molecule has 1 atom stereocenters. The average molecular weight is 188 g/mol. The van der Waals surface area contributed by atoms with Crippen molar-refractivity contribution in [2.75, 3.05) is 0 Å². The lowest BCUT2D eigenvalue weighted by molar-refractivity contribution is 0.149. The SMILES string of the molecule is CC1=CC=CCC=C1C(F)(F)P. The first-order valence-electron chi connectivity index (χ1n) is 3.73. The number of halogens is 2. The van der Waals surface area contributed by atoms with Gasteiger partial charge in [-0.1, -0.05) is 33.5 Å². The number of hydrogen-bond acceptors (Lipinski definition) is 0. The fourth-order valence-electron chi connectivity index (χ4n) is 1.13. The van der Waals surface area contributed by atoms with Crippen LogP contribution in [-0.2, 0) is 0 Å². The molecule has 0 N–H and O–H groups in total. The van der Waals surface area contributed by atoms with E-state index >= 15 is 0 Å². The molecule has 0 aromatic rings. The fourth-order valence-corrected chi connectivity index (χ4v) is 1.47. The molecule has 0 aromatic heterocycles. The topological polar surface area (TPSA) is 0 Å². The molecule has 0 radical (unpaired) electrons. The van der Waals surface area contributed by atoms with Crippen molar-refractivity contribution < 1.29 is 8.78 Å². The van der Waals surface area contributed by atoms with Crippen molar-refractivity contribution in [1.82, 2.24) is 0 Å². The summed E-state index contributed by atoms with van der Waals surface area (Å²) in [5.74, 6) is 0. The van der Waals surface area contributed by atoms with Crippen molar-refractivity contribution in [2.24, 2.45) is 0 Å². The third-order valence-electron chi connectivity index (χ3n) is 1.72. The largest absolute Gasteiger partial charge is 0.283 e. The number of rotatable bonds is 1. The van der Waals surface area contributed by atoms with Gasteiger partial charge in [0.2, 0.25) is 0 Å². The van der Waals surface area contributed by atoms with E-state index in [0.29, 0.717) is 12.0 Å². The third kappa shape index (κ3) is 2.25. The van der Waals surface area contributed by atoms with Crippen LogP contribution in [0.2, 0.25) is 0 Å². The molecule has 0 saturated heterocycles. The van der Waals surface area contributed by atoms with E-state index in [1.54, 1.807) is 34.4 Å². The highest BCUT2D eigenvalue weighted by atomic mass is 31.0. The Morgan fingerprint density at radius 2 is 2.17 bits per heavy atom. The van der Waals surface area contributed by atoms with Crippen LogP contribution in [0.4, 0.5) is 8.78 Å². The Kier molecular flexibility index (Phi) is 2.79. The molecule has 66 valence electrons. The zero-order valence-corrected chi connectivity index (χ0v) is 8.00. The van der Waals surface area contributed by atoms with Gasteiger partial charge in [0.25, 0.3) is 5.66 Å². The van der Waals surface area contributed by atoms with Crippen LogP contribution in [0.3, 0.4) is 0 Å². The summed E-state index contributed by atoms with van der Waals surface area (Å²) < 4.78 is 25.7. The Labute approximate surface area is 73.2 Å². The molecule has 0 aliphatic heterocycles. The van der Waals surface area contributed by atoms with Gasteiger partial charge in [0, 0.05) is 5.57 Å². The predicted molar refractivity (Wildman–Crippen MR) is 50.3 cm³/mol. The first-order valence-corrected chi connectivity index (χ1v) is 4.30. The molecule has 0 saturated carbocycles. The van der Waals surface area contributed by atoms with Gasteiger partial charge in [-0.25, -0.2) is 0 Å². The number of alkyl halides is 2. The summed E-state index contributed by atoms with van der Waals surface area (Å²) in [6.07, 6.45) is 7.49. The van der Waals surface area contributed by atoms with Crippen LogP contribution in [-0.4, -0.2) is 5.66 Å². The van der Waals surface area contributed by atoms with Crippen LogP contribution in [0.1, 0.15) is 13.3 Å². The highest BCUT2D eigenvalue weighted by Gasteiger charge is 2.28. The standard InChI is InChI=1S/C9H11F2P/c1-7-5-3-2-4-6-8(7)9(10,11)12/h2-3,5-6H,4,12H2,1H3. The molecule has 1 aliphatic rings. The van der Waals surface area contributed by atoms with E-state index in [-0.39, 0.29) is 5.57 Å². The zero-order chi connectivity index (χ0) is 9.19. The molecule has 3 heteroatoms. The van der Waals surface area contributed by atoms with E-state index in [0.717, 1.165) is 0 Å². The van der Waals surface area contributed by atoms with Gasteiger partial charge in [-0.05, 0) is 18.9 Å². The molecule has 12 heavy (non-hydrogen) atoms. The Balaban J connectivity index is 2.98. The molecule has 1 rings (SSSR count). The van der Waals surface area contributed by atoms with Gasteiger partial charge in [-0.15, -0.1) is 0 Å². The summed E-state index contributed by atoms with van der Waals surface area (Å²) in [5.41, 5.74) is -2.06. The maximum absolute atomic E-state index is 12.9. The van der Waals surface area contributed by atoms with Gasteiger partial charge in [0.05, 0.1) is 0 Å². The monoisotopic (exact) mass is 188 g/mol. The molecular weight excluding hydrogens is 177 g/mol. The van der Waals surface area contributed by atoms with E-state index in [4.69, 9.17) is 0 Å². The molecule has 1 unspecified atom stereocenters. The van der Waals surface area contributed by atoms with Crippen LogP contribution in [0.15, 0.2) is 35.5 Å². The van der Waals surface area contributed by atoms with Crippen molar-refractivity contribution in [3.05, 3.63) is 35.5 Å². The maximum Gasteiger partial charge on any atom is 0.283 e. The second-order valence-electron chi connectivity index (χ2n) is 2.75. The molecule has 0 nitrogen and oxygen atoms in total. The van der Waals surface area contributed by atoms with E-state index < -0.39 is 5.66 Å². The zero-order valence-electron chi connectivity index (χ0n) is 6.85. The summed E-state index contributed by atoms with van der Waals surface area (Å²) in [7, 11) is 1.56. The normalized spacial score (nSPS) is 18.3. The molecular formula is C9H11F2P. The van der Waals surface area contributed by atoms with Gasteiger partial charge >= 0.3 is 0 Å². The Hall–Kier alpha value is -0.490. The minimum Gasteiger partial charge on any atom is -0.197 e. The van der Waals surface area contributed by atoms with E-state index in [1.165, 1.54) is 0 Å². The molecule has 0 fully saturated rings. The van der Waals surface area contributed by atoms with Crippen molar-refractivity contribution in [2.45, 2.75) is 19.0 Å². The second-order valence-corrected chi connectivity index (χ2v) is 3.48. The molecule has 0 aromatic carbocycles.